The molecule has 0 amide bonds. The molecule has 0 bridgehead atoms. The lowest BCUT2D eigenvalue weighted by molar-refractivity contribution is -0.137. The van der Waals surface area contributed by atoms with Gasteiger partial charge in [-0.2, -0.15) is 13.2 Å². The van der Waals surface area contributed by atoms with E-state index in [1.54, 1.807) is 6.07 Å². The second kappa shape index (κ2) is 10.4. The standard InChI is InChI=1S/C22H30BF3N2O4/c24-22(25,26)17-4-5-18-15(12-17)3-6-19(18)28-10-7-14(8-11-28)20(21(29)30)16(13-27)2-1-9-23(31)32/h4-5,12,14,19,31-32H,1-3,6-11,13,27H2,(H,29,30)/b20-16-. The van der Waals surface area contributed by atoms with Crippen molar-refractivity contribution in [3.05, 3.63) is 46.0 Å². The van der Waals surface area contributed by atoms with E-state index < -0.39 is 24.8 Å². The summed E-state index contributed by atoms with van der Waals surface area (Å²) in [6.45, 7) is 1.44. The minimum Gasteiger partial charge on any atom is -0.478 e. The quantitative estimate of drug-likeness (QED) is 0.356. The summed E-state index contributed by atoms with van der Waals surface area (Å²) < 4.78 is 39.0. The van der Waals surface area contributed by atoms with Crippen LogP contribution in [-0.2, 0) is 17.4 Å². The van der Waals surface area contributed by atoms with Gasteiger partial charge in [0.1, 0.15) is 0 Å². The lowest BCUT2D eigenvalue weighted by atomic mass is 9.80. The number of benzene rings is 1. The highest BCUT2D eigenvalue weighted by atomic mass is 19.4. The number of halogens is 3. The van der Waals surface area contributed by atoms with Crippen LogP contribution in [0.3, 0.4) is 0 Å². The Balaban J connectivity index is 1.68. The number of hydrogen-bond donors (Lipinski definition) is 4. The molecule has 1 aliphatic heterocycles. The number of likely N-dealkylation sites (tertiary alicyclic amines) is 1. The average Bonchev–Trinajstić information content (AvgIpc) is 3.15. The monoisotopic (exact) mass is 454 g/mol. The van der Waals surface area contributed by atoms with Gasteiger partial charge in [0, 0.05) is 18.2 Å². The summed E-state index contributed by atoms with van der Waals surface area (Å²) in [6.07, 6.45) is -0.682. The Labute approximate surface area is 186 Å². The van der Waals surface area contributed by atoms with E-state index in [0.29, 0.717) is 56.3 Å². The van der Waals surface area contributed by atoms with Crippen molar-refractivity contribution in [2.45, 2.75) is 57.1 Å². The van der Waals surface area contributed by atoms with E-state index >= 15 is 0 Å². The number of hydrogen-bond acceptors (Lipinski definition) is 5. The van der Waals surface area contributed by atoms with Crippen LogP contribution in [0, 0.1) is 5.92 Å². The van der Waals surface area contributed by atoms with Crippen LogP contribution in [-0.4, -0.2) is 52.8 Å². The average molecular weight is 454 g/mol. The van der Waals surface area contributed by atoms with Gasteiger partial charge in [-0.15, -0.1) is 0 Å². The molecule has 0 spiro atoms. The predicted octanol–water partition coefficient (Wildman–Crippen LogP) is 3.00. The molecule has 3 rings (SSSR count). The van der Waals surface area contributed by atoms with Crippen LogP contribution in [0.2, 0.25) is 6.32 Å². The molecule has 6 nitrogen and oxygen atoms in total. The zero-order valence-electron chi connectivity index (χ0n) is 17.9. The molecule has 1 aromatic carbocycles. The first-order valence-electron chi connectivity index (χ1n) is 11.1. The second-order valence-corrected chi connectivity index (χ2v) is 8.68. The van der Waals surface area contributed by atoms with Gasteiger partial charge in [-0.25, -0.2) is 4.79 Å². The molecule has 1 unspecified atom stereocenters. The highest BCUT2D eigenvalue weighted by Crippen LogP contribution is 2.41. The fourth-order valence-electron chi connectivity index (χ4n) is 5.11. The Bertz CT molecular complexity index is 852. The smallest absolute Gasteiger partial charge is 0.451 e. The first-order valence-corrected chi connectivity index (χ1v) is 11.1. The fraction of sp³-hybridized carbons (Fsp3) is 0.591. The van der Waals surface area contributed by atoms with Crippen molar-refractivity contribution in [2.75, 3.05) is 19.6 Å². The van der Waals surface area contributed by atoms with Crippen LogP contribution in [0.15, 0.2) is 29.3 Å². The largest absolute Gasteiger partial charge is 0.478 e. The maximum atomic E-state index is 13.0. The number of carboxylic acid groups (broad SMARTS) is 1. The van der Waals surface area contributed by atoms with Gasteiger partial charge < -0.3 is 20.9 Å². The molecule has 32 heavy (non-hydrogen) atoms. The molecule has 0 saturated carbocycles. The predicted molar refractivity (Wildman–Crippen MR) is 115 cm³/mol. The third-order valence-corrected chi connectivity index (χ3v) is 6.69. The van der Waals surface area contributed by atoms with Gasteiger partial charge in [0.15, 0.2) is 0 Å². The van der Waals surface area contributed by atoms with Crippen LogP contribution in [0.4, 0.5) is 13.2 Å². The molecule has 1 atom stereocenters. The van der Waals surface area contributed by atoms with Crippen molar-refractivity contribution >= 4 is 13.1 Å². The number of carboxylic acids is 1. The van der Waals surface area contributed by atoms with Gasteiger partial charge in [0.2, 0.25) is 0 Å². The lowest BCUT2D eigenvalue weighted by Gasteiger charge is -2.37. The molecular formula is C22H30BF3N2O4. The topological polar surface area (TPSA) is 107 Å². The highest BCUT2D eigenvalue weighted by molar-refractivity contribution is 6.40. The summed E-state index contributed by atoms with van der Waals surface area (Å²) in [4.78, 5) is 14.2. The first kappa shape index (κ1) is 24.8. The second-order valence-electron chi connectivity index (χ2n) is 8.68. The fourth-order valence-corrected chi connectivity index (χ4v) is 5.11. The third kappa shape index (κ3) is 5.72. The number of aliphatic carboxylic acids is 1. The first-order chi connectivity index (χ1) is 15.1. The summed E-state index contributed by atoms with van der Waals surface area (Å²) >= 11 is 0. The molecule has 1 aromatic rings. The van der Waals surface area contributed by atoms with E-state index in [9.17, 15) is 23.1 Å². The molecule has 1 fully saturated rings. The van der Waals surface area contributed by atoms with Crippen LogP contribution in [0.25, 0.3) is 0 Å². The Morgan fingerprint density at radius 1 is 1.19 bits per heavy atom. The van der Waals surface area contributed by atoms with Gasteiger partial charge in [0.25, 0.3) is 0 Å². The third-order valence-electron chi connectivity index (χ3n) is 6.69. The van der Waals surface area contributed by atoms with E-state index in [4.69, 9.17) is 15.8 Å². The molecule has 1 heterocycles. The van der Waals surface area contributed by atoms with Gasteiger partial charge in [-0.05, 0) is 86.3 Å². The number of nitrogens with zero attached hydrogens (tertiary/aromatic N) is 1. The van der Waals surface area contributed by atoms with E-state index in [-0.39, 0.29) is 24.8 Å². The van der Waals surface area contributed by atoms with Gasteiger partial charge in [-0.3, -0.25) is 4.90 Å². The van der Waals surface area contributed by atoms with Crippen LogP contribution < -0.4 is 5.73 Å². The maximum Gasteiger partial charge on any atom is 0.451 e. The molecule has 1 aliphatic carbocycles. The molecule has 10 heteroatoms. The molecule has 176 valence electrons. The molecule has 1 saturated heterocycles. The Morgan fingerprint density at radius 2 is 1.88 bits per heavy atom. The molecule has 5 N–H and O–H groups in total. The number of alkyl halides is 3. The minimum absolute atomic E-state index is 0.0607. The number of nitrogens with two attached hydrogens (primary N) is 1. The number of aryl methyl sites for hydroxylation is 1. The summed E-state index contributed by atoms with van der Waals surface area (Å²) in [7, 11) is -1.42. The Morgan fingerprint density at radius 3 is 2.44 bits per heavy atom. The van der Waals surface area contributed by atoms with Crippen molar-refractivity contribution in [3.63, 3.8) is 0 Å². The van der Waals surface area contributed by atoms with Crippen LogP contribution in [0.1, 0.15) is 54.8 Å². The Hall–Kier alpha value is -1.88. The van der Waals surface area contributed by atoms with E-state index in [1.807, 2.05) is 0 Å². The van der Waals surface area contributed by atoms with Crippen molar-refractivity contribution < 1.29 is 33.1 Å². The SMILES string of the molecule is NC/C(CCCB(O)O)=C(\C(=O)O)C1CCN(C2CCc3cc(C(F)(F)F)ccc32)CC1. The molecule has 0 radical (unpaired) electrons. The van der Waals surface area contributed by atoms with Crippen molar-refractivity contribution in [2.24, 2.45) is 11.7 Å². The highest BCUT2D eigenvalue weighted by Gasteiger charge is 2.36. The van der Waals surface area contributed by atoms with Gasteiger partial charge in [-0.1, -0.05) is 12.5 Å². The van der Waals surface area contributed by atoms with Crippen LogP contribution in [0.5, 0.6) is 0 Å². The number of rotatable bonds is 8. The van der Waals surface area contributed by atoms with Gasteiger partial charge in [0.05, 0.1) is 5.56 Å². The molecule has 2 aliphatic rings. The van der Waals surface area contributed by atoms with E-state index in [1.165, 1.54) is 6.07 Å². The van der Waals surface area contributed by atoms with E-state index in [2.05, 4.69) is 4.90 Å². The molecular weight excluding hydrogens is 424 g/mol. The summed E-state index contributed by atoms with van der Waals surface area (Å²) in [5.41, 5.74) is 7.87. The zero-order chi connectivity index (χ0) is 23.5. The summed E-state index contributed by atoms with van der Waals surface area (Å²) in [5.74, 6) is -1.13. The minimum atomic E-state index is -4.35. The van der Waals surface area contributed by atoms with Gasteiger partial charge >= 0.3 is 19.3 Å². The van der Waals surface area contributed by atoms with Crippen molar-refractivity contribution in [3.8, 4) is 0 Å². The van der Waals surface area contributed by atoms with Crippen LogP contribution >= 0.6 is 0 Å². The number of fused-ring (bicyclic) bond motifs is 1. The van der Waals surface area contributed by atoms with E-state index in [0.717, 1.165) is 23.6 Å². The summed E-state index contributed by atoms with van der Waals surface area (Å²) in [5, 5.41) is 27.9. The summed E-state index contributed by atoms with van der Waals surface area (Å²) in [6, 6.07) is 4.05. The zero-order valence-corrected chi connectivity index (χ0v) is 17.9. The normalized spacial score (nSPS) is 20.8. The lowest BCUT2D eigenvalue weighted by Crippen LogP contribution is -2.37. The van der Waals surface area contributed by atoms with Crippen molar-refractivity contribution in [1.29, 1.82) is 0 Å². The maximum absolute atomic E-state index is 13.0. The van der Waals surface area contributed by atoms with Crippen molar-refractivity contribution in [1.82, 2.24) is 4.90 Å². The number of piperidine rings is 1. The molecule has 0 aromatic heterocycles. The number of carbonyl (C=O) groups is 1. The Kier molecular flexibility index (Phi) is 8.03.